The third kappa shape index (κ3) is 13.7. The zero-order chi connectivity index (χ0) is 46.7. The number of aliphatic hydroxyl groups is 1. The van der Waals surface area contributed by atoms with Crippen molar-refractivity contribution in [2.24, 2.45) is 0 Å². The summed E-state index contributed by atoms with van der Waals surface area (Å²) in [6.07, 6.45) is 18.1. The van der Waals surface area contributed by atoms with Gasteiger partial charge in [-0.2, -0.15) is 0 Å². The summed E-state index contributed by atoms with van der Waals surface area (Å²) < 4.78 is 0. The predicted molar refractivity (Wildman–Crippen MR) is 260 cm³/mol. The average molecular weight is 921 g/mol. The Morgan fingerprint density at radius 1 is 0.662 bits per heavy atom. The van der Waals surface area contributed by atoms with Gasteiger partial charge in [0.25, 0.3) is 0 Å². The summed E-state index contributed by atoms with van der Waals surface area (Å²) >= 11 is 0. The molecule has 0 aliphatic carbocycles. The van der Waals surface area contributed by atoms with E-state index in [0.29, 0.717) is 80.7 Å². The van der Waals surface area contributed by atoms with Crippen molar-refractivity contribution in [1.29, 1.82) is 0 Å². The van der Waals surface area contributed by atoms with E-state index in [-0.39, 0.29) is 48.3 Å². The molecule has 0 saturated heterocycles. The van der Waals surface area contributed by atoms with Gasteiger partial charge in [0.15, 0.2) is 6.29 Å². The molecule has 5 heterocycles. The fraction of sp³-hybridized carbons (Fsp3) is 0.389. The molecular formula is C54H64FeN4O6. The Morgan fingerprint density at radius 3 is 1.75 bits per heavy atom. The number of carboxylic acid groups (broad SMARTS) is 2. The Labute approximate surface area is 394 Å². The smallest absolute Gasteiger partial charge is 0.657 e. The van der Waals surface area contributed by atoms with Gasteiger partial charge in [-0.3, -0.25) is 14.4 Å². The van der Waals surface area contributed by atoms with E-state index < -0.39 is 18.0 Å². The zero-order valence-electron chi connectivity index (χ0n) is 39.3. The number of aromatic nitrogens is 4. The Balaban J connectivity index is 0.00000925. The van der Waals surface area contributed by atoms with Gasteiger partial charge in [-0.1, -0.05) is 94.1 Å². The summed E-state index contributed by atoms with van der Waals surface area (Å²) in [4.78, 5) is 56.1. The molecule has 0 spiro atoms. The number of hydrogen-bond acceptors (Lipinski definition) is 6. The van der Waals surface area contributed by atoms with Gasteiger partial charge in [0.1, 0.15) is 0 Å². The molecule has 344 valence electrons. The number of aliphatic hydroxyl groups excluding tert-OH is 1. The first kappa shape index (κ1) is 52.0. The van der Waals surface area contributed by atoms with Gasteiger partial charge in [0.2, 0.25) is 0 Å². The number of hydrogen-bond donors (Lipinski definition) is 3. The van der Waals surface area contributed by atoms with Crippen LogP contribution in [0.4, 0.5) is 0 Å². The van der Waals surface area contributed by atoms with E-state index in [1.54, 1.807) is 18.2 Å². The van der Waals surface area contributed by atoms with Crippen molar-refractivity contribution in [1.82, 2.24) is 19.9 Å². The van der Waals surface area contributed by atoms with Crippen molar-refractivity contribution < 1.29 is 46.8 Å². The maximum atomic E-state index is 12.7. The first-order valence-corrected chi connectivity index (χ1v) is 22.4. The number of nitrogens with zero attached hydrogens (tertiary/aromatic N) is 4. The normalized spacial score (nSPS) is 13.8. The van der Waals surface area contributed by atoms with E-state index >= 15 is 0 Å². The molecule has 0 fully saturated rings. The average Bonchev–Trinajstić information content (AvgIpc) is 3.91. The molecule has 5 rings (SSSR count). The van der Waals surface area contributed by atoms with Crippen LogP contribution < -0.4 is 9.97 Å². The molecule has 65 heavy (non-hydrogen) atoms. The number of allylic oxidation sites excluding steroid dienone is 11. The van der Waals surface area contributed by atoms with E-state index in [1.807, 2.05) is 32.9 Å². The first-order valence-electron chi connectivity index (χ1n) is 22.4. The predicted octanol–water partition coefficient (Wildman–Crippen LogP) is 12.0. The molecule has 1 unspecified atom stereocenters. The number of aliphatic carboxylic acids is 2. The van der Waals surface area contributed by atoms with Crippen LogP contribution in [0, 0.1) is 13.8 Å². The summed E-state index contributed by atoms with van der Waals surface area (Å²) in [6.45, 7) is 20.7. The minimum absolute atomic E-state index is 0. The van der Waals surface area contributed by atoms with Crippen molar-refractivity contribution in [2.75, 3.05) is 0 Å². The van der Waals surface area contributed by atoms with Gasteiger partial charge in [-0.05, 0) is 142 Å². The van der Waals surface area contributed by atoms with E-state index in [0.717, 1.165) is 60.8 Å². The third-order valence-corrected chi connectivity index (χ3v) is 12.2. The SMILES string of the molecule is C=Cc1c(C)c2cc3nc(cc4[n-]c(cc5nc(cc1[n-]2)C(C=O)=C5CCC(=O)O)c(CCC(=O)O)c4C)C(C)=C3C(O)CCC=C(C)CCC=C(C)CCC=C(C)CCC=C(C)C.[Fe+2]. The number of carbonyl (C=O) groups is 3. The molecule has 3 aromatic rings. The summed E-state index contributed by atoms with van der Waals surface area (Å²) in [5.74, 6) is -1.98. The summed E-state index contributed by atoms with van der Waals surface area (Å²) in [5.41, 5.74) is 14.8. The number of aldehydes is 1. The quantitative estimate of drug-likeness (QED) is 0.0532. The molecule has 3 N–H and O–H groups in total. The van der Waals surface area contributed by atoms with Crippen LogP contribution in [0.15, 0.2) is 77.4 Å². The molecule has 0 amide bonds. The van der Waals surface area contributed by atoms with Crippen molar-refractivity contribution in [3.8, 4) is 0 Å². The molecule has 2 aliphatic rings. The van der Waals surface area contributed by atoms with Crippen LogP contribution in [0.2, 0.25) is 0 Å². The standard InChI is InChI=1S/C54H66N4O6.Fe/c1-10-39-36(7)44-28-50-54(51(60)22-14-21-35(6)20-13-19-34(5)18-12-17-33(4)16-11-15-32(2)3)38(9)45(57-50)27-43-37(8)40(23-25-52(61)62)47(56-43)30-48-41(24-26-53(63)64)42(31-59)49(58-48)29-46(39)55-44;/h10,15,17,19,21,27-31,51,60H,1,11-14,16,18,20,22-26H2,2-9H3,(H4,55,56,57,58,59,61,62,63,64);/q;+2/p-2. The number of carboxylic acids is 2. The number of carbonyl (C=O) groups excluding carboxylic acids is 1. The minimum Gasteiger partial charge on any atom is -0.657 e. The summed E-state index contributed by atoms with van der Waals surface area (Å²) in [7, 11) is 0. The van der Waals surface area contributed by atoms with Gasteiger partial charge in [-0.25, -0.2) is 9.97 Å². The number of rotatable bonds is 21. The Kier molecular flexibility index (Phi) is 19.3. The molecule has 0 saturated carbocycles. The topological polar surface area (TPSA) is 166 Å². The van der Waals surface area contributed by atoms with E-state index in [4.69, 9.17) is 19.9 Å². The van der Waals surface area contributed by atoms with Gasteiger partial charge < -0.3 is 25.3 Å². The molecule has 3 aromatic heterocycles. The van der Waals surface area contributed by atoms with Crippen molar-refractivity contribution in [3.05, 3.63) is 122 Å². The second kappa shape index (κ2) is 24.1. The third-order valence-electron chi connectivity index (χ3n) is 12.2. The monoisotopic (exact) mass is 920 g/mol. The Morgan fingerprint density at radius 2 is 1.17 bits per heavy atom. The molecule has 10 nitrogen and oxygen atoms in total. The molecule has 8 bridgehead atoms. The van der Waals surface area contributed by atoms with Crippen molar-refractivity contribution in [3.63, 3.8) is 0 Å². The minimum atomic E-state index is -1.02. The molecular weight excluding hydrogens is 856 g/mol. The van der Waals surface area contributed by atoms with E-state index in [1.165, 1.54) is 22.3 Å². The van der Waals surface area contributed by atoms with Gasteiger partial charge in [-0.15, -0.1) is 22.1 Å². The molecule has 11 heteroatoms. The summed E-state index contributed by atoms with van der Waals surface area (Å²) in [5, 5.41) is 31.2. The Bertz CT molecular complexity index is 2660. The Hall–Kier alpha value is -5.61. The van der Waals surface area contributed by atoms with Crippen LogP contribution in [-0.2, 0) is 37.9 Å². The second-order valence-electron chi connectivity index (χ2n) is 17.4. The van der Waals surface area contributed by atoms with Crippen LogP contribution >= 0.6 is 0 Å². The van der Waals surface area contributed by atoms with Crippen LogP contribution in [0.5, 0.6) is 0 Å². The van der Waals surface area contributed by atoms with Gasteiger partial charge in [0, 0.05) is 24.0 Å². The molecule has 0 radical (unpaired) electrons. The summed E-state index contributed by atoms with van der Waals surface area (Å²) in [6, 6.07) is 7.15. The van der Waals surface area contributed by atoms with Crippen LogP contribution in [0.25, 0.3) is 50.4 Å². The fourth-order valence-electron chi connectivity index (χ4n) is 8.37. The fourth-order valence-corrected chi connectivity index (χ4v) is 8.37. The van der Waals surface area contributed by atoms with Crippen molar-refractivity contribution >= 4 is 68.7 Å². The number of aryl methyl sites for hydroxylation is 3. The molecule has 1 atom stereocenters. The largest absolute Gasteiger partial charge is 2.00 e. The van der Waals surface area contributed by atoms with E-state index in [2.05, 4.69) is 65.5 Å². The molecule has 0 aromatic carbocycles. The first-order chi connectivity index (χ1) is 30.5. The van der Waals surface area contributed by atoms with Gasteiger partial charge >= 0.3 is 29.0 Å². The van der Waals surface area contributed by atoms with Crippen LogP contribution in [-0.4, -0.2) is 49.6 Å². The second-order valence-corrected chi connectivity index (χ2v) is 17.4. The van der Waals surface area contributed by atoms with Gasteiger partial charge in [0.05, 0.1) is 28.9 Å². The maximum absolute atomic E-state index is 12.7. The van der Waals surface area contributed by atoms with Crippen LogP contribution in [0.3, 0.4) is 0 Å². The maximum Gasteiger partial charge on any atom is 2.00 e. The zero-order valence-corrected chi connectivity index (χ0v) is 40.4. The molecule has 2 aliphatic heterocycles. The van der Waals surface area contributed by atoms with Crippen LogP contribution in [0.1, 0.15) is 157 Å². The number of fused-ring (bicyclic) bond motifs is 8. The van der Waals surface area contributed by atoms with E-state index in [9.17, 15) is 29.7 Å². The van der Waals surface area contributed by atoms with Crippen molar-refractivity contribution in [2.45, 2.75) is 139 Å².